The van der Waals surface area contributed by atoms with Crippen molar-refractivity contribution >= 4 is 5.91 Å². The van der Waals surface area contributed by atoms with Gasteiger partial charge in [0, 0.05) is 17.8 Å². The van der Waals surface area contributed by atoms with Crippen LogP contribution in [-0.4, -0.2) is 28.1 Å². The summed E-state index contributed by atoms with van der Waals surface area (Å²) in [5, 5.41) is 12.4. The Labute approximate surface area is 112 Å². The molecule has 1 aromatic rings. The van der Waals surface area contributed by atoms with Crippen molar-refractivity contribution in [3.63, 3.8) is 0 Å². The molecule has 0 atom stereocenters. The number of hydrogen-bond acceptors (Lipinski definition) is 3. The first kappa shape index (κ1) is 13.9. The number of carbonyl (C=O) groups excluding carboxylic acids is 1. The molecular weight excluding hydrogens is 247 g/mol. The summed E-state index contributed by atoms with van der Waals surface area (Å²) in [6.45, 7) is 2.08. The van der Waals surface area contributed by atoms with Gasteiger partial charge in [-0.2, -0.15) is 4.39 Å². The zero-order chi connectivity index (χ0) is 13.9. The Kier molecular flexibility index (Phi) is 4.14. The highest BCUT2D eigenvalue weighted by Gasteiger charge is 2.35. The van der Waals surface area contributed by atoms with Crippen molar-refractivity contribution in [3.05, 3.63) is 29.8 Å². The van der Waals surface area contributed by atoms with E-state index >= 15 is 0 Å². The molecule has 104 valence electrons. The van der Waals surface area contributed by atoms with Gasteiger partial charge >= 0.3 is 0 Å². The summed E-state index contributed by atoms with van der Waals surface area (Å²) >= 11 is 0. The number of aliphatic hydroxyl groups is 1. The van der Waals surface area contributed by atoms with E-state index in [2.05, 4.69) is 17.2 Å². The van der Waals surface area contributed by atoms with Crippen LogP contribution in [0.4, 0.5) is 4.39 Å². The van der Waals surface area contributed by atoms with Crippen LogP contribution in [0.15, 0.2) is 18.3 Å². The molecule has 0 bridgehead atoms. The van der Waals surface area contributed by atoms with Crippen LogP contribution in [0.5, 0.6) is 0 Å². The molecule has 0 radical (unpaired) electrons. The van der Waals surface area contributed by atoms with Crippen molar-refractivity contribution in [2.75, 3.05) is 6.61 Å². The van der Waals surface area contributed by atoms with E-state index < -0.39 is 11.5 Å². The van der Waals surface area contributed by atoms with Gasteiger partial charge in [-0.1, -0.05) is 6.92 Å². The first-order chi connectivity index (χ1) is 9.04. The molecule has 1 aliphatic rings. The smallest absolute Gasteiger partial charge is 0.252 e. The molecule has 1 amide bonds. The van der Waals surface area contributed by atoms with E-state index in [1.807, 2.05) is 0 Å². The number of aliphatic hydroxyl groups excluding tert-OH is 1. The fourth-order valence-corrected chi connectivity index (χ4v) is 2.49. The summed E-state index contributed by atoms with van der Waals surface area (Å²) in [4.78, 5) is 15.5. The molecule has 0 saturated heterocycles. The van der Waals surface area contributed by atoms with Crippen LogP contribution in [-0.2, 0) is 0 Å². The molecule has 0 unspecified atom stereocenters. The van der Waals surface area contributed by atoms with Gasteiger partial charge in [-0.05, 0) is 37.7 Å². The third-order valence-corrected chi connectivity index (χ3v) is 3.90. The molecule has 4 nitrogen and oxygen atoms in total. The first-order valence-electron chi connectivity index (χ1n) is 6.60. The minimum atomic E-state index is -0.678. The number of carbonyl (C=O) groups is 1. The second-order valence-corrected chi connectivity index (χ2v) is 5.44. The summed E-state index contributed by atoms with van der Waals surface area (Å²) in [7, 11) is 0. The third kappa shape index (κ3) is 3.29. The van der Waals surface area contributed by atoms with E-state index in [0.29, 0.717) is 5.92 Å². The van der Waals surface area contributed by atoms with Crippen molar-refractivity contribution in [1.82, 2.24) is 10.3 Å². The predicted molar refractivity (Wildman–Crippen MR) is 69.1 cm³/mol. The van der Waals surface area contributed by atoms with Gasteiger partial charge in [0.2, 0.25) is 5.95 Å². The number of rotatable bonds is 3. The van der Waals surface area contributed by atoms with Gasteiger partial charge in [-0.15, -0.1) is 0 Å². The van der Waals surface area contributed by atoms with Crippen LogP contribution in [0.3, 0.4) is 0 Å². The van der Waals surface area contributed by atoms with E-state index in [1.54, 1.807) is 0 Å². The van der Waals surface area contributed by atoms with Crippen molar-refractivity contribution in [2.45, 2.75) is 38.1 Å². The molecule has 19 heavy (non-hydrogen) atoms. The van der Waals surface area contributed by atoms with Gasteiger partial charge in [0.25, 0.3) is 5.91 Å². The lowest BCUT2D eigenvalue weighted by molar-refractivity contribution is 0.0716. The topological polar surface area (TPSA) is 62.2 Å². The first-order valence-corrected chi connectivity index (χ1v) is 6.60. The Morgan fingerprint density at radius 3 is 2.84 bits per heavy atom. The number of aromatic nitrogens is 1. The van der Waals surface area contributed by atoms with Crippen LogP contribution >= 0.6 is 0 Å². The zero-order valence-corrected chi connectivity index (χ0v) is 11.0. The maximum Gasteiger partial charge on any atom is 0.252 e. The van der Waals surface area contributed by atoms with Crippen LogP contribution < -0.4 is 5.32 Å². The normalized spacial score (nSPS) is 27.0. The molecule has 1 saturated carbocycles. The number of nitrogens with zero attached hydrogens (tertiary/aromatic N) is 1. The molecule has 1 fully saturated rings. The third-order valence-electron chi connectivity index (χ3n) is 3.90. The van der Waals surface area contributed by atoms with Crippen molar-refractivity contribution in [3.8, 4) is 0 Å². The lowest BCUT2D eigenvalue weighted by atomic mass is 9.77. The molecule has 2 N–H and O–H groups in total. The molecule has 1 aliphatic carbocycles. The number of nitrogens with one attached hydrogen (secondary N) is 1. The number of pyridine rings is 1. The molecule has 5 heteroatoms. The molecule has 1 heterocycles. The Balaban J connectivity index is 2.08. The second kappa shape index (κ2) is 5.65. The van der Waals surface area contributed by atoms with Gasteiger partial charge < -0.3 is 10.4 Å². The van der Waals surface area contributed by atoms with Crippen molar-refractivity contribution in [1.29, 1.82) is 0 Å². The maximum atomic E-state index is 13.0. The highest BCUT2D eigenvalue weighted by molar-refractivity contribution is 5.94. The van der Waals surface area contributed by atoms with E-state index in [4.69, 9.17) is 0 Å². The number of hydrogen-bond donors (Lipinski definition) is 2. The van der Waals surface area contributed by atoms with E-state index in [9.17, 15) is 14.3 Å². The molecule has 2 rings (SSSR count). The second-order valence-electron chi connectivity index (χ2n) is 5.44. The average molecular weight is 266 g/mol. The Morgan fingerprint density at radius 1 is 1.58 bits per heavy atom. The molecule has 0 aliphatic heterocycles. The van der Waals surface area contributed by atoms with Gasteiger partial charge in [0.1, 0.15) is 0 Å². The van der Waals surface area contributed by atoms with Gasteiger partial charge in [-0.25, -0.2) is 4.98 Å². The van der Waals surface area contributed by atoms with Gasteiger partial charge in [0.15, 0.2) is 0 Å². The van der Waals surface area contributed by atoms with E-state index in [1.165, 1.54) is 12.3 Å². The lowest BCUT2D eigenvalue weighted by Crippen LogP contribution is -2.53. The van der Waals surface area contributed by atoms with Crippen LogP contribution in [0.2, 0.25) is 0 Å². The molecule has 1 aromatic heterocycles. The zero-order valence-electron chi connectivity index (χ0n) is 11.0. The largest absolute Gasteiger partial charge is 0.394 e. The summed E-state index contributed by atoms with van der Waals surface area (Å²) in [5.41, 5.74) is -0.331. The standard InChI is InChI=1S/C14H19FN2O2/c1-10-2-5-14(9-18,6-3-10)17-13(19)11-4-7-16-12(15)8-11/h4,7-8,10,18H,2-3,5-6,9H2,1H3,(H,17,19). The summed E-state index contributed by atoms with van der Waals surface area (Å²) in [6, 6.07) is 2.57. The Hall–Kier alpha value is -1.49. The number of amides is 1. The average Bonchev–Trinajstić information content (AvgIpc) is 2.42. The van der Waals surface area contributed by atoms with E-state index in [-0.39, 0.29) is 18.1 Å². The fraction of sp³-hybridized carbons (Fsp3) is 0.571. The van der Waals surface area contributed by atoms with Crippen LogP contribution in [0, 0.1) is 11.9 Å². The fourth-order valence-electron chi connectivity index (χ4n) is 2.49. The maximum absolute atomic E-state index is 13.0. The molecule has 0 spiro atoms. The quantitative estimate of drug-likeness (QED) is 0.821. The van der Waals surface area contributed by atoms with Crippen molar-refractivity contribution in [2.24, 2.45) is 5.92 Å². The summed E-state index contributed by atoms with van der Waals surface area (Å²) in [5.74, 6) is -0.414. The molecule has 0 aromatic carbocycles. The monoisotopic (exact) mass is 266 g/mol. The van der Waals surface area contributed by atoms with Crippen LogP contribution in [0.1, 0.15) is 43.0 Å². The summed E-state index contributed by atoms with van der Waals surface area (Å²) in [6.07, 6.45) is 4.73. The Bertz CT molecular complexity index is 457. The predicted octanol–water partition coefficient (Wildman–Crippen LogP) is 1.89. The van der Waals surface area contributed by atoms with Gasteiger partial charge in [-0.3, -0.25) is 4.79 Å². The number of halogens is 1. The minimum absolute atomic E-state index is 0.0843. The van der Waals surface area contributed by atoms with Crippen molar-refractivity contribution < 1.29 is 14.3 Å². The summed E-state index contributed by atoms with van der Waals surface area (Å²) < 4.78 is 13.0. The lowest BCUT2D eigenvalue weighted by Gasteiger charge is -2.38. The highest BCUT2D eigenvalue weighted by Crippen LogP contribution is 2.31. The van der Waals surface area contributed by atoms with Crippen LogP contribution in [0.25, 0.3) is 0 Å². The minimum Gasteiger partial charge on any atom is -0.394 e. The molecular formula is C14H19FN2O2. The van der Waals surface area contributed by atoms with E-state index in [0.717, 1.165) is 31.7 Å². The Morgan fingerprint density at radius 2 is 2.26 bits per heavy atom. The SMILES string of the molecule is CC1CCC(CO)(NC(=O)c2ccnc(F)c2)CC1. The highest BCUT2D eigenvalue weighted by atomic mass is 19.1. The van der Waals surface area contributed by atoms with Gasteiger partial charge in [0.05, 0.1) is 12.1 Å².